The number of furan rings is 1. The molecule has 0 spiro atoms. The van der Waals surface area contributed by atoms with Crippen molar-refractivity contribution < 1.29 is 22.4 Å². The van der Waals surface area contributed by atoms with Crippen LogP contribution in [-0.2, 0) is 21.3 Å². The van der Waals surface area contributed by atoms with Crippen molar-refractivity contribution in [1.29, 1.82) is 0 Å². The fourth-order valence-electron chi connectivity index (χ4n) is 2.58. The van der Waals surface area contributed by atoms with Gasteiger partial charge in [-0.05, 0) is 43.2 Å². The predicted octanol–water partition coefficient (Wildman–Crippen LogP) is 1.67. The summed E-state index contributed by atoms with van der Waals surface area (Å²) < 4.78 is 37.7. The highest BCUT2D eigenvalue weighted by molar-refractivity contribution is 7.89. The van der Waals surface area contributed by atoms with E-state index in [-0.39, 0.29) is 23.5 Å². The summed E-state index contributed by atoms with van der Waals surface area (Å²) in [6.45, 7) is 1.19. The first kappa shape index (κ1) is 17.7. The molecule has 1 atom stereocenters. The zero-order chi connectivity index (χ0) is 17.7. The maximum Gasteiger partial charge on any atom is 0.251 e. The van der Waals surface area contributed by atoms with E-state index in [0.29, 0.717) is 17.9 Å². The molecule has 1 amide bonds. The van der Waals surface area contributed by atoms with Gasteiger partial charge in [-0.3, -0.25) is 4.79 Å². The van der Waals surface area contributed by atoms with Gasteiger partial charge in [0.05, 0.1) is 23.8 Å². The van der Waals surface area contributed by atoms with E-state index in [4.69, 9.17) is 9.15 Å². The quantitative estimate of drug-likeness (QED) is 0.779. The molecule has 2 heterocycles. The second-order valence-corrected chi connectivity index (χ2v) is 7.54. The molecule has 0 saturated carbocycles. The first-order valence-electron chi connectivity index (χ1n) is 8.06. The van der Waals surface area contributed by atoms with Gasteiger partial charge in [-0.15, -0.1) is 0 Å². The van der Waals surface area contributed by atoms with Gasteiger partial charge in [0, 0.05) is 18.7 Å². The number of carbonyl (C=O) groups is 1. The number of ether oxygens (including phenoxy) is 1. The fourth-order valence-corrected chi connectivity index (χ4v) is 3.62. The average molecular weight is 364 g/mol. The second kappa shape index (κ2) is 7.81. The van der Waals surface area contributed by atoms with E-state index in [1.807, 2.05) is 0 Å². The van der Waals surface area contributed by atoms with Gasteiger partial charge in [-0.1, -0.05) is 6.07 Å². The van der Waals surface area contributed by atoms with Crippen molar-refractivity contribution in [3.63, 3.8) is 0 Å². The molecule has 1 aromatic carbocycles. The molecular formula is C17H20N2O5S. The molecule has 25 heavy (non-hydrogen) atoms. The van der Waals surface area contributed by atoms with Crippen molar-refractivity contribution in [1.82, 2.24) is 10.0 Å². The summed E-state index contributed by atoms with van der Waals surface area (Å²) in [5, 5.41) is 2.78. The van der Waals surface area contributed by atoms with E-state index in [0.717, 1.165) is 19.4 Å². The van der Waals surface area contributed by atoms with Crippen molar-refractivity contribution in [3.8, 4) is 0 Å². The van der Waals surface area contributed by atoms with E-state index >= 15 is 0 Å². The Labute approximate surface area is 146 Å². The van der Waals surface area contributed by atoms with Crippen LogP contribution < -0.4 is 10.0 Å². The topological polar surface area (TPSA) is 97.6 Å². The SMILES string of the molecule is O=C(NCC1CCCO1)c1cccc(S(=O)(=O)NCc2ccco2)c1. The minimum absolute atomic E-state index is 0.0313. The van der Waals surface area contributed by atoms with Gasteiger partial charge < -0.3 is 14.5 Å². The van der Waals surface area contributed by atoms with Crippen LogP contribution in [0.5, 0.6) is 0 Å². The number of rotatable bonds is 7. The smallest absolute Gasteiger partial charge is 0.251 e. The van der Waals surface area contributed by atoms with E-state index < -0.39 is 10.0 Å². The van der Waals surface area contributed by atoms with Crippen LogP contribution in [0.25, 0.3) is 0 Å². The van der Waals surface area contributed by atoms with E-state index in [9.17, 15) is 13.2 Å². The molecule has 2 N–H and O–H groups in total. The molecule has 134 valence electrons. The lowest BCUT2D eigenvalue weighted by Crippen LogP contribution is -2.32. The van der Waals surface area contributed by atoms with Crippen molar-refractivity contribution >= 4 is 15.9 Å². The molecule has 1 aliphatic rings. The predicted molar refractivity (Wildman–Crippen MR) is 90.5 cm³/mol. The Kier molecular flexibility index (Phi) is 5.52. The standard InChI is InChI=1S/C17H20N2O5S/c20-17(18-11-14-5-2-8-23-14)13-4-1-7-16(10-13)25(21,22)19-12-15-6-3-9-24-15/h1,3-4,6-7,9-10,14,19H,2,5,8,11-12H2,(H,18,20). The lowest BCUT2D eigenvalue weighted by Gasteiger charge is -2.11. The average Bonchev–Trinajstić information content (AvgIpc) is 3.31. The van der Waals surface area contributed by atoms with Crippen LogP contribution in [0.15, 0.2) is 52.0 Å². The molecular weight excluding hydrogens is 344 g/mol. The first-order valence-corrected chi connectivity index (χ1v) is 9.55. The molecule has 3 rings (SSSR count). The third kappa shape index (κ3) is 4.68. The van der Waals surface area contributed by atoms with Crippen LogP contribution in [0, 0.1) is 0 Å². The molecule has 1 saturated heterocycles. The first-order chi connectivity index (χ1) is 12.0. The van der Waals surface area contributed by atoms with Crippen LogP contribution in [0.3, 0.4) is 0 Å². The van der Waals surface area contributed by atoms with E-state index in [2.05, 4.69) is 10.0 Å². The Balaban J connectivity index is 1.64. The van der Waals surface area contributed by atoms with Crippen molar-refractivity contribution in [2.75, 3.05) is 13.2 Å². The van der Waals surface area contributed by atoms with E-state index in [1.165, 1.54) is 18.4 Å². The number of hydrogen-bond acceptors (Lipinski definition) is 5. The van der Waals surface area contributed by atoms with Gasteiger partial charge in [0.25, 0.3) is 5.91 Å². The number of carbonyl (C=O) groups excluding carboxylic acids is 1. The maximum atomic E-state index is 12.4. The Morgan fingerprint density at radius 3 is 2.84 bits per heavy atom. The summed E-state index contributed by atoms with van der Waals surface area (Å²) in [7, 11) is -3.74. The molecule has 0 aliphatic carbocycles. The minimum Gasteiger partial charge on any atom is -0.468 e. The molecule has 1 fully saturated rings. The number of amides is 1. The lowest BCUT2D eigenvalue weighted by atomic mass is 10.2. The number of sulfonamides is 1. The summed E-state index contributed by atoms with van der Waals surface area (Å²) in [6, 6.07) is 9.29. The zero-order valence-electron chi connectivity index (χ0n) is 13.6. The lowest BCUT2D eigenvalue weighted by molar-refractivity contribution is 0.0857. The summed E-state index contributed by atoms with van der Waals surface area (Å²) in [4.78, 5) is 12.3. The van der Waals surface area contributed by atoms with Crippen LogP contribution in [-0.4, -0.2) is 33.6 Å². The molecule has 0 radical (unpaired) electrons. The molecule has 1 aromatic heterocycles. The van der Waals surface area contributed by atoms with Crippen LogP contribution >= 0.6 is 0 Å². The summed E-state index contributed by atoms with van der Waals surface area (Å²) in [6.07, 6.45) is 3.43. The largest absolute Gasteiger partial charge is 0.468 e. The molecule has 2 aromatic rings. The normalized spacial score (nSPS) is 17.5. The third-order valence-corrected chi connectivity index (χ3v) is 5.34. The van der Waals surface area contributed by atoms with Gasteiger partial charge in [0.2, 0.25) is 10.0 Å². The molecule has 1 aliphatic heterocycles. The van der Waals surface area contributed by atoms with Gasteiger partial charge in [-0.25, -0.2) is 13.1 Å². The van der Waals surface area contributed by atoms with Gasteiger partial charge in [-0.2, -0.15) is 0 Å². The number of nitrogens with one attached hydrogen (secondary N) is 2. The van der Waals surface area contributed by atoms with E-state index in [1.54, 1.807) is 24.3 Å². The summed E-state index contributed by atoms with van der Waals surface area (Å²) in [5.74, 6) is 0.188. The van der Waals surface area contributed by atoms with Gasteiger partial charge >= 0.3 is 0 Å². The third-order valence-electron chi connectivity index (χ3n) is 3.94. The Hall–Kier alpha value is -2.16. The summed E-state index contributed by atoms with van der Waals surface area (Å²) in [5.41, 5.74) is 0.291. The number of hydrogen-bond donors (Lipinski definition) is 2. The highest BCUT2D eigenvalue weighted by Gasteiger charge is 2.19. The molecule has 7 nitrogen and oxygen atoms in total. The molecule has 1 unspecified atom stereocenters. The van der Waals surface area contributed by atoms with Gasteiger partial charge in [0.1, 0.15) is 5.76 Å². The second-order valence-electron chi connectivity index (χ2n) is 5.78. The Bertz CT molecular complexity index is 811. The molecule has 0 bridgehead atoms. The monoisotopic (exact) mass is 364 g/mol. The van der Waals surface area contributed by atoms with Crippen LogP contribution in [0.4, 0.5) is 0 Å². The van der Waals surface area contributed by atoms with Crippen molar-refractivity contribution in [3.05, 3.63) is 54.0 Å². The van der Waals surface area contributed by atoms with Crippen molar-refractivity contribution in [2.24, 2.45) is 0 Å². The minimum atomic E-state index is -3.74. The Morgan fingerprint density at radius 2 is 2.12 bits per heavy atom. The Morgan fingerprint density at radius 1 is 1.24 bits per heavy atom. The zero-order valence-corrected chi connectivity index (χ0v) is 14.4. The number of benzene rings is 1. The fraction of sp³-hybridized carbons (Fsp3) is 0.353. The highest BCUT2D eigenvalue weighted by atomic mass is 32.2. The molecule has 8 heteroatoms. The van der Waals surface area contributed by atoms with Crippen LogP contribution in [0.1, 0.15) is 29.0 Å². The maximum absolute atomic E-state index is 12.4. The van der Waals surface area contributed by atoms with Gasteiger partial charge in [0.15, 0.2) is 0 Å². The highest BCUT2D eigenvalue weighted by Crippen LogP contribution is 2.14. The van der Waals surface area contributed by atoms with Crippen LogP contribution in [0.2, 0.25) is 0 Å². The summed E-state index contributed by atoms with van der Waals surface area (Å²) >= 11 is 0. The van der Waals surface area contributed by atoms with Crippen molar-refractivity contribution in [2.45, 2.75) is 30.4 Å².